The fourth-order valence-corrected chi connectivity index (χ4v) is 3.04. The molecule has 2 N–H and O–H groups in total. The third kappa shape index (κ3) is 7.06. The first-order chi connectivity index (χ1) is 9.49. The fourth-order valence-electron chi connectivity index (χ4n) is 1.89. The van der Waals surface area contributed by atoms with E-state index < -0.39 is 11.9 Å². The second-order valence-corrected chi connectivity index (χ2v) is 6.27. The summed E-state index contributed by atoms with van der Waals surface area (Å²) in [4.78, 5) is 25.1. The van der Waals surface area contributed by atoms with E-state index in [1.165, 1.54) is 0 Å². The number of carboxylic acids is 2. The van der Waals surface area contributed by atoms with Crippen molar-refractivity contribution in [1.29, 1.82) is 0 Å². The number of rotatable bonds is 9. The topological polar surface area (TPSA) is 81.1 Å². The summed E-state index contributed by atoms with van der Waals surface area (Å²) >= 11 is 6.77. The van der Waals surface area contributed by atoms with Crippen LogP contribution in [0.2, 0.25) is 0 Å². The quantitative estimate of drug-likeness (QED) is 0.490. The number of nitrogens with zero attached hydrogens (tertiary/aromatic N) is 2. The molecular weight excluding hydrogens is 300 g/mol. The van der Waals surface area contributed by atoms with E-state index >= 15 is 0 Å². The van der Waals surface area contributed by atoms with Crippen molar-refractivity contribution in [2.75, 3.05) is 25.6 Å². The minimum absolute atomic E-state index is 0.0904. The second-order valence-electron chi connectivity index (χ2n) is 4.69. The van der Waals surface area contributed by atoms with Gasteiger partial charge in [-0.25, -0.2) is 0 Å². The van der Waals surface area contributed by atoms with Crippen LogP contribution in [0.5, 0.6) is 0 Å². The van der Waals surface area contributed by atoms with Crippen molar-refractivity contribution in [2.24, 2.45) is 0 Å². The average molecular weight is 320 g/mol. The summed E-state index contributed by atoms with van der Waals surface area (Å²) in [6, 6.07) is 0. The summed E-state index contributed by atoms with van der Waals surface area (Å²) in [7, 11) is 0. The molecule has 0 aromatic rings. The number of hydrogen-bond donors (Lipinski definition) is 2. The highest BCUT2D eigenvalue weighted by atomic mass is 32.2. The summed E-state index contributed by atoms with van der Waals surface area (Å²) in [5, 5.41) is 17.2. The Bertz CT molecular complexity index is 365. The molecule has 1 aliphatic rings. The molecule has 0 aromatic carbocycles. The first kappa shape index (κ1) is 17.2. The average Bonchev–Trinajstić information content (AvgIpc) is 2.38. The van der Waals surface area contributed by atoms with Crippen LogP contribution in [-0.4, -0.2) is 61.9 Å². The lowest BCUT2D eigenvalue weighted by molar-refractivity contribution is -0.138. The van der Waals surface area contributed by atoms with Crippen LogP contribution in [0, 0.1) is 0 Å². The molecule has 0 unspecified atom stereocenters. The van der Waals surface area contributed by atoms with E-state index in [0.717, 1.165) is 29.6 Å². The van der Waals surface area contributed by atoms with Gasteiger partial charge >= 0.3 is 11.9 Å². The normalized spacial score (nSPS) is 16.4. The summed E-state index contributed by atoms with van der Waals surface area (Å²) in [6.45, 7) is 1.99. The minimum Gasteiger partial charge on any atom is -0.481 e. The Morgan fingerprint density at radius 3 is 2.45 bits per heavy atom. The monoisotopic (exact) mass is 320 g/mol. The van der Waals surface area contributed by atoms with Crippen molar-refractivity contribution in [2.45, 2.75) is 32.1 Å². The lowest BCUT2D eigenvalue weighted by Crippen LogP contribution is -2.45. The third-order valence-electron chi connectivity index (χ3n) is 2.96. The molecule has 1 heterocycles. The molecule has 0 aliphatic carbocycles. The summed E-state index contributed by atoms with van der Waals surface area (Å²) in [5.41, 5.74) is 0. The van der Waals surface area contributed by atoms with Gasteiger partial charge in [-0.3, -0.25) is 14.5 Å². The highest BCUT2D eigenvalue weighted by Crippen LogP contribution is 2.19. The molecule has 1 saturated heterocycles. The van der Waals surface area contributed by atoms with Gasteiger partial charge in [0.05, 0.1) is 19.0 Å². The first-order valence-corrected chi connectivity index (χ1v) is 7.96. The molecule has 1 rings (SSSR count). The minimum atomic E-state index is -0.816. The van der Waals surface area contributed by atoms with Crippen LogP contribution in [0.3, 0.4) is 0 Å². The molecule has 0 saturated carbocycles. The van der Waals surface area contributed by atoms with Crippen molar-refractivity contribution in [1.82, 2.24) is 9.80 Å². The number of aliphatic carboxylic acids is 2. The van der Waals surface area contributed by atoms with E-state index in [-0.39, 0.29) is 12.8 Å². The van der Waals surface area contributed by atoms with E-state index in [0.29, 0.717) is 19.6 Å². The number of carbonyl (C=O) groups is 2. The maximum absolute atomic E-state index is 10.6. The number of thioether (sulfide) groups is 1. The van der Waals surface area contributed by atoms with Gasteiger partial charge < -0.3 is 15.1 Å². The van der Waals surface area contributed by atoms with Gasteiger partial charge in [-0.1, -0.05) is 30.4 Å². The molecule has 1 aliphatic heterocycles. The molecule has 0 aromatic heterocycles. The molecule has 1 fully saturated rings. The van der Waals surface area contributed by atoms with Crippen LogP contribution in [0.4, 0.5) is 0 Å². The smallest absolute Gasteiger partial charge is 0.305 e. The molecule has 6 nitrogen and oxygen atoms in total. The summed E-state index contributed by atoms with van der Waals surface area (Å²) in [5.74, 6) is -0.742. The Morgan fingerprint density at radius 1 is 1.10 bits per heavy atom. The van der Waals surface area contributed by atoms with Crippen LogP contribution in [-0.2, 0) is 9.59 Å². The standard InChI is InChI=1S/C12H20N2O4S2/c15-10(16)4-2-1-3-6-13-8-14(7-5-11(17)18)12(19)20-9-13/h1-9H2,(H,15,16)(H,17,18). The van der Waals surface area contributed by atoms with E-state index in [4.69, 9.17) is 22.4 Å². The zero-order valence-electron chi connectivity index (χ0n) is 11.3. The highest BCUT2D eigenvalue weighted by molar-refractivity contribution is 8.22. The van der Waals surface area contributed by atoms with Gasteiger partial charge in [-0.05, 0) is 12.8 Å². The van der Waals surface area contributed by atoms with E-state index in [9.17, 15) is 9.59 Å². The fraction of sp³-hybridized carbons (Fsp3) is 0.750. The van der Waals surface area contributed by atoms with Crippen LogP contribution in [0.25, 0.3) is 0 Å². The van der Waals surface area contributed by atoms with Gasteiger partial charge in [-0.15, -0.1) is 0 Å². The lowest BCUT2D eigenvalue weighted by atomic mass is 10.2. The summed E-state index contributed by atoms with van der Waals surface area (Å²) < 4.78 is 0.758. The highest BCUT2D eigenvalue weighted by Gasteiger charge is 2.21. The Hall–Kier alpha value is -0.860. The SMILES string of the molecule is O=C(O)CCCCCN1CSC(=S)N(CCC(=O)O)C1. The number of unbranched alkanes of at least 4 members (excludes halogenated alkanes) is 2. The van der Waals surface area contributed by atoms with Crippen molar-refractivity contribution in [3.05, 3.63) is 0 Å². The molecular formula is C12H20N2O4S2. The number of thiocarbonyl (C=S) groups is 1. The van der Waals surface area contributed by atoms with Crippen LogP contribution in [0.1, 0.15) is 32.1 Å². The number of carboxylic acid groups (broad SMARTS) is 2. The zero-order valence-corrected chi connectivity index (χ0v) is 12.9. The second kappa shape index (κ2) is 9.15. The Labute approximate surface area is 128 Å². The van der Waals surface area contributed by atoms with Crippen LogP contribution >= 0.6 is 24.0 Å². The van der Waals surface area contributed by atoms with E-state index in [1.54, 1.807) is 11.8 Å². The van der Waals surface area contributed by atoms with Crippen molar-refractivity contribution < 1.29 is 19.8 Å². The van der Waals surface area contributed by atoms with Crippen molar-refractivity contribution in [3.8, 4) is 0 Å². The predicted molar refractivity (Wildman–Crippen MR) is 81.7 cm³/mol. The molecule has 0 amide bonds. The van der Waals surface area contributed by atoms with Gasteiger partial charge in [0.25, 0.3) is 0 Å². The number of hydrogen-bond acceptors (Lipinski definition) is 5. The Kier molecular flexibility index (Phi) is 7.86. The van der Waals surface area contributed by atoms with Gasteiger partial charge in [0, 0.05) is 19.5 Å². The Morgan fingerprint density at radius 2 is 1.80 bits per heavy atom. The van der Waals surface area contributed by atoms with Crippen LogP contribution < -0.4 is 0 Å². The lowest BCUT2D eigenvalue weighted by Gasteiger charge is -2.36. The molecule has 0 atom stereocenters. The maximum Gasteiger partial charge on any atom is 0.305 e. The summed E-state index contributed by atoms with van der Waals surface area (Å²) in [6.07, 6.45) is 2.87. The molecule has 0 radical (unpaired) electrons. The first-order valence-electron chi connectivity index (χ1n) is 6.56. The Balaban J connectivity index is 2.21. The van der Waals surface area contributed by atoms with E-state index in [1.807, 2.05) is 4.90 Å². The van der Waals surface area contributed by atoms with Gasteiger partial charge in [0.15, 0.2) is 0 Å². The van der Waals surface area contributed by atoms with Gasteiger partial charge in [0.2, 0.25) is 0 Å². The zero-order chi connectivity index (χ0) is 15.0. The van der Waals surface area contributed by atoms with Gasteiger partial charge in [-0.2, -0.15) is 0 Å². The molecule has 20 heavy (non-hydrogen) atoms. The van der Waals surface area contributed by atoms with Crippen molar-refractivity contribution >= 4 is 40.2 Å². The molecule has 0 bridgehead atoms. The van der Waals surface area contributed by atoms with E-state index in [2.05, 4.69) is 4.90 Å². The predicted octanol–water partition coefficient (Wildman–Crippen LogP) is 1.66. The molecule has 8 heteroatoms. The largest absolute Gasteiger partial charge is 0.481 e. The van der Waals surface area contributed by atoms with Gasteiger partial charge in [0.1, 0.15) is 4.32 Å². The van der Waals surface area contributed by atoms with Crippen molar-refractivity contribution in [3.63, 3.8) is 0 Å². The molecule has 114 valence electrons. The van der Waals surface area contributed by atoms with Crippen LogP contribution in [0.15, 0.2) is 0 Å². The maximum atomic E-state index is 10.6. The third-order valence-corrected chi connectivity index (χ3v) is 4.57. The molecule has 0 spiro atoms.